The van der Waals surface area contributed by atoms with Gasteiger partial charge in [-0.2, -0.15) is 23.4 Å². The highest BCUT2D eigenvalue weighted by molar-refractivity contribution is 5.96. The summed E-state index contributed by atoms with van der Waals surface area (Å²) in [4.78, 5) is 23.6. The van der Waals surface area contributed by atoms with Crippen molar-refractivity contribution in [3.05, 3.63) is 18.5 Å². The molecule has 0 aromatic carbocycles. The first-order valence-electron chi connectivity index (χ1n) is 12.6. The fourth-order valence-electron chi connectivity index (χ4n) is 5.50. The van der Waals surface area contributed by atoms with Gasteiger partial charge in [-0.25, -0.2) is 4.79 Å². The number of hydrogen-bond donors (Lipinski definition) is 2. The number of carbonyl (C=O) groups is 1. The molecule has 6 rings (SSSR count). The lowest BCUT2D eigenvalue weighted by Crippen LogP contribution is -2.57. The van der Waals surface area contributed by atoms with Gasteiger partial charge in [0.05, 0.1) is 28.5 Å². The number of carbonyl (C=O) groups excluding carboxylic acids is 1. The van der Waals surface area contributed by atoms with E-state index in [2.05, 4.69) is 30.5 Å². The number of fused-ring (bicyclic) bond motifs is 1. The van der Waals surface area contributed by atoms with Gasteiger partial charge < -0.3 is 20.0 Å². The number of amides is 2. The van der Waals surface area contributed by atoms with Gasteiger partial charge in [0, 0.05) is 37.4 Å². The van der Waals surface area contributed by atoms with E-state index in [9.17, 15) is 18.0 Å². The van der Waals surface area contributed by atoms with E-state index >= 15 is 0 Å². The summed E-state index contributed by atoms with van der Waals surface area (Å²) in [7, 11) is 3.96. The molecular weight excluding hydrogens is 487 g/mol. The summed E-state index contributed by atoms with van der Waals surface area (Å²) in [6, 6.07) is 1.72. The fourth-order valence-corrected chi connectivity index (χ4v) is 5.50. The molecule has 0 bridgehead atoms. The number of alkyl halides is 3. The number of pyridine rings is 1. The van der Waals surface area contributed by atoms with Crippen molar-refractivity contribution >= 4 is 28.4 Å². The minimum atomic E-state index is -4.43. The van der Waals surface area contributed by atoms with E-state index in [0.29, 0.717) is 59.5 Å². The average molecular weight is 518 g/mol. The van der Waals surface area contributed by atoms with Crippen molar-refractivity contribution in [2.45, 2.75) is 56.4 Å². The van der Waals surface area contributed by atoms with Crippen molar-refractivity contribution in [3.63, 3.8) is 0 Å². The number of H-pyrrole nitrogens is 1. The Morgan fingerprint density at radius 3 is 2.70 bits per heavy atom. The van der Waals surface area contributed by atoms with Crippen LogP contribution in [0.1, 0.15) is 32.1 Å². The zero-order chi connectivity index (χ0) is 25.9. The SMILES string of the molecule is CN(C)C1CN(c2nn(CC(F)(F)F)c3cc(-c4[nH]ncc4NC(=O)N4CCCCC45CC5)ncc23)C1. The van der Waals surface area contributed by atoms with E-state index in [-0.39, 0.29) is 11.6 Å². The Morgan fingerprint density at radius 2 is 2.00 bits per heavy atom. The standard InChI is InChI=1S/C24H30F3N9O/c1-33(2)15-12-34(13-15)21-16-10-28-17(9-19(16)36(32-21)14-24(25,26)27)20-18(11-29-31-20)30-22(37)35-8-4-3-5-23(35)6-7-23/h9-11,15H,3-8,12-14H2,1-2H3,(H,29,31)(H,30,37). The van der Waals surface area contributed by atoms with Crippen LogP contribution >= 0.6 is 0 Å². The summed E-state index contributed by atoms with van der Waals surface area (Å²) in [5.41, 5.74) is 1.56. The molecule has 5 heterocycles. The van der Waals surface area contributed by atoms with Crippen LogP contribution in [0.4, 0.5) is 29.5 Å². The van der Waals surface area contributed by atoms with E-state index in [1.807, 2.05) is 23.9 Å². The molecule has 2 amide bonds. The van der Waals surface area contributed by atoms with E-state index in [0.717, 1.165) is 36.8 Å². The number of likely N-dealkylation sites (N-methyl/N-ethyl adjacent to an activating group) is 1. The number of rotatable bonds is 5. The molecule has 0 radical (unpaired) electrons. The van der Waals surface area contributed by atoms with Crippen LogP contribution in [0, 0.1) is 0 Å². The van der Waals surface area contributed by atoms with Crippen LogP contribution in [-0.4, -0.2) is 92.3 Å². The van der Waals surface area contributed by atoms with E-state index in [1.165, 1.54) is 6.20 Å². The molecule has 1 saturated carbocycles. The van der Waals surface area contributed by atoms with Crippen LogP contribution < -0.4 is 10.2 Å². The van der Waals surface area contributed by atoms with Gasteiger partial charge in [-0.1, -0.05) is 0 Å². The van der Waals surface area contributed by atoms with Gasteiger partial charge >= 0.3 is 12.2 Å². The Bertz CT molecular complexity index is 1320. The van der Waals surface area contributed by atoms with Crippen molar-refractivity contribution < 1.29 is 18.0 Å². The smallest absolute Gasteiger partial charge is 0.351 e. The van der Waals surface area contributed by atoms with Gasteiger partial charge in [0.25, 0.3) is 0 Å². The van der Waals surface area contributed by atoms with Gasteiger partial charge in [0.15, 0.2) is 5.82 Å². The number of aromatic nitrogens is 5. The second-order valence-corrected chi connectivity index (χ2v) is 10.6. The highest BCUT2D eigenvalue weighted by Gasteiger charge is 2.51. The van der Waals surface area contributed by atoms with Crippen LogP contribution in [0.5, 0.6) is 0 Å². The van der Waals surface area contributed by atoms with Crippen molar-refractivity contribution in [2.75, 3.05) is 43.9 Å². The molecule has 1 aliphatic carbocycles. The Balaban J connectivity index is 1.30. The third-order valence-electron chi connectivity index (χ3n) is 7.89. The lowest BCUT2D eigenvalue weighted by atomic mass is 10.0. The molecular formula is C24H30F3N9O. The maximum absolute atomic E-state index is 13.4. The van der Waals surface area contributed by atoms with Crippen molar-refractivity contribution in [1.82, 2.24) is 34.8 Å². The summed E-state index contributed by atoms with van der Waals surface area (Å²) >= 11 is 0. The summed E-state index contributed by atoms with van der Waals surface area (Å²) in [5, 5.41) is 14.8. The van der Waals surface area contributed by atoms with Crippen LogP contribution in [-0.2, 0) is 6.54 Å². The Labute approximate surface area is 211 Å². The number of nitrogens with one attached hydrogen (secondary N) is 2. The predicted molar refractivity (Wildman–Crippen MR) is 132 cm³/mol. The van der Waals surface area contributed by atoms with Gasteiger partial charge in [-0.05, 0) is 52.3 Å². The molecule has 2 aliphatic heterocycles. The Morgan fingerprint density at radius 1 is 1.22 bits per heavy atom. The average Bonchev–Trinajstić information content (AvgIpc) is 3.26. The Hall–Kier alpha value is -3.35. The van der Waals surface area contributed by atoms with Crippen molar-refractivity contribution in [3.8, 4) is 11.4 Å². The first-order chi connectivity index (χ1) is 17.6. The first kappa shape index (κ1) is 24.0. The third kappa shape index (κ3) is 4.38. The maximum atomic E-state index is 13.4. The number of likely N-dealkylation sites (tertiary alicyclic amines) is 1. The predicted octanol–water partition coefficient (Wildman–Crippen LogP) is 3.68. The van der Waals surface area contributed by atoms with E-state index in [1.54, 1.807) is 12.3 Å². The topological polar surface area (TPSA) is 98.2 Å². The number of anilines is 2. The molecule has 2 N–H and O–H groups in total. The molecule has 198 valence electrons. The second kappa shape index (κ2) is 8.61. The third-order valence-corrected chi connectivity index (χ3v) is 7.89. The van der Waals surface area contributed by atoms with E-state index < -0.39 is 12.7 Å². The molecule has 3 aromatic heterocycles. The van der Waals surface area contributed by atoms with Crippen LogP contribution in [0.25, 0.3) is 22.3 Å². The lowest BCUT2D eigenvalue weighted by molar-refractivity contribution is -0.141. The number of halogens is 3. The van der Waals surface area contributed by atoms with Gasteiger partial charge in [-0.15, -0.1) is 0 Å². The fraction of sp³-hybridized carbons (Fsp3) is 0.583. The molecule has 37 heavy (non-hydrogen) atoms. The molecule has 13 heteroatoms. The maximum Gasteiger partial charge on any atom is 0.408 e. The monoisotopic (exact) mass is 517 g/mol. The zero-order valence-corrected chi connectivity index (χ0v) is 20.8. The number of urea groups is 1. The molecule has 0 atom stereocenters. The number of hydrogen-bond acceptors (Lipinski definition) is 6. The van der Waals surface area contributed by atoms with Crippen LogP contribution in [0.3, 0.4) is 0 Å². The highest BCUT2D eigenvalue weighted by Crippen LogP contribution is 2.48. The van der Waals surface area contributed by atoms with Crippen LogP contribution in [0.2, 0.25) is 0 Å². The largest absolute Gasteiger partial charge is 0.408 e. The van der Waals surface area contributed by atoms with Crippen molar-refractivity contribution in [1.29, 1.82) is 0 Å². The minimum absolute atomic E-state index is 0.0215. The second-order valence-electron chi connectivity index (χ2n) is 10.6. The van der Waals surface area contributed by atoms with Gasteiger partial charge in [0.2, 0.25) is 0 Å². The highest BCUT2D eigenvalue weighted by atomic mass is 19.4. The molecule has 1 spiro atoms. The molecule has 0 unspecified atom stereocenters. The summed E-state index contributed by atoms with van der Waals surface area (Å²) in [5.74, 6) is 0.495. The zero-order valence-electron chi connectivity index (χ0n) is 20.8. The molecule has 3 aliphatic rings. The first-order valence-corrected chi connectivity index (χ1v) is 12.6. The normalized spacial score (nSPS) is 19.6. The van der Waals surface area contributed by atoms with Gasteiger partial charge in [-0.3, -0.25) is 14.8 Å². The number of aromatic amines is 1. The Kier molecular flexibility index (Phi) is 5.58. The summed E-state index contributed by atoms with van der Waals surface area (Å²) in [6.07, 6.45) is 3.80. The van der Waals surface area contributed by atoms with Crippen molar-refractivity contribution in [2.24, 2.45) is 0 Å². The molecule has 3 aromatic rings. The number of piperidine rings is 1. The van der Waals surface area contributed by atoms with Crippen LogP contribution in [0.15, 0.2) is 18.5 Å². The van der Waals surface area contributed by atoms with Gasteiger partial charge in [0.1, 0.15) is 12.2 Å². The van der Waals surface area contributed by atoms with E-state index in [4.69, 9.17) is 0 Å². The molecule has 3 fully saturated rings. The summed E-state index contributed by atoms with van der Waals surface area (Å²) in [6.45, 7) is 0.874. The lowest BCUT2D eigenvalue weighted by Gasteiger charge is -2.43. The molecule has 2 saturated heterocycles. The number of nitrogens with zero attached hydrogens (tertiary/aromatic N) is 7. The quantitative estimate of drug-likeness (QED) is 0.536. The minimum Gasteiger partial charge on any atom is -0.351 e. The summed E-state index contributed by atoms with van der Waals surface area (Å²) < 4.78 is 41.2. The molecule has 10 nitrogen and oxygen atoms in total.